The molecule has 56 valence electrons. The molecule has 0 N–H and O–H groups in total. The van der Waals surface area contributed by atoms with Crippen LogP contribution < -0.4 is 0 Å². The van der Waals surface area contributed by atoms with E-state index in [9.17, 15) is 4.79 Å². The second-order valence-electron chi connectivity index (χ2n) is 3.87. The normalized spacial score (nSPS) is 46.1. The van der Waals surface area contributed by atoms with E-state index in [-0.39, 0.29) is 5.41 Å². The van der Waals surface area contributed by atoms with Crippen LogP contribution in [0.2, 0.25) is 0 Å². The van der Waals surface area contributed by atoms with E-state index in [4.69, 9.17) is 0 Å². The zero-order valence-corrected chi connectivity index (χ0v) is 6.52. The Hall–Kier alpha value is -0.330. The Labute approximate surface area is 61.8 Å². The highest BCUT2D eigenvalue weighted by atomic mass is 16.1. The Kier molecular flexibility index (Phi) is 1.17. The Bertz CT molecular complexity index is 174. The van der Waals surface area contributed by atoms with Crippen molar-refractivity contribution in [3.05, 3.63) is 0 Å². The van der Waals surface area contributed by atoms with Crippen LogP contribution in [0.1, 0.15) is 39.0 Å². The summed E-state index contributed by atoms with van der Waals surface area (Å²) in [5.41, 5.74) is 0.194. The molecule has 0 bridgehead atoms. The van der Waals surface area contributed by atoms with Crippen LogP contribution in [-0.4, -0.2) is 5.78 Å². The van der Waals surface area contributed by atoms with Crippen LogP contribution in [-0.2, 0) is 4.79 Å². The fraction of sp³-hybridized carbons (Fsp3) is 0.889. The van der Waals surface area contributed by atoms with Crippen LogP contribution in [0.3, 0.4) is 0 Å². The van der Waals surface area contributed by atoms with E-state index >= 15 is 0 Å². The number of carbonyl (C=O) groups excluding carboxylic acids is 1. The first-order chi connectivity index (χ1) is 4.76. The molecule has 0 radical (unpaired) electrons. The number of carbonyl (C=O) groups is 1. The van der Waals surface area contributed by atoms with Gasteiger partial charge in [-0.1, -0.05) is 13.3 Å². The van der Waals surface area contributed by atoms with Crippen molar-refractivity contribution in [3.8, 4) is 0 Å². The summed E-state index contributed by atoms with van der Waals surface area (Å²) in [5, 5.41) is 0. The maximum atomic E-state index is 11.3. The van der Waals surface area contributed by atoms with Crippen LogP contribution in [0, 0.1) is 11.3 Å². The third kappa shape index (κ3) is 0.561. The molecule has 2 fully saturated rings. The first kappa shape index (κ1) is 6.38. The highest BCUT2D eigenvalue weighted by Crippen LogP contribution is 2.53. The van der Waals surface area contributed by atoms with Gasteiger partial charge in [0.25, 0.3) is 0 Å². The Balaban J connectivity index is 2.21. The summed E-state index contributed by atoms with van der Waals surface area (Å²) in [6, 6.07) is 0. The van der Waals surface area contributed by atoms with E-state index in [1.807, 2.05) is 0 Å². The number of hydrogen-bond donors (Lipinski definition) is 0. The van der Waals surface area contributed by atoms with Gasteiger partial charge in [-0.25, -0.2) is 0 Å². The van der Waals surface area contributed by atoms with Crippen LogP contribution in [0.4, 0.5) is 0 Å². The van der Waals surface area contributed by atoms with Gasteiger partial charge in [0.1, 0.15) is 5.78 Å². The van der Waals surface area contributed by atoms with Gasteiger partial charge in [-0.05, 0) is 25.2 Å². The molecule has 0 amide bonds. The fourth-order valence-corrected chi connectivity index (χ4v) is 2.58. The molecule has 0 aromatic carbocycles. The van der Waals surface area contributed by atoms with Gasteiger partial charge < -0.3 is 0 Å². The highest BCUT2D eigenvalue weighted by Gasteiger charge is 2.51. The molecule has 2 aliphatic carbocycles. The smallest absolute Gasteiger partial charge is 0.139 e. The average molecular weight is 138 g/mol. The summed E-state index contributed by atoms with van der Waals surface area (Å²) in [6.07, 6.45) is 5.81. The lowest BCUT2D eigenvalue weighted by atomic mass is 9.62. The average Bonchev–Trinajstić information content (AvgIpc) is 2.30. The molecule has 1 nitrogen and oxygen atoms in total. The lowest BCUT2D eigenvalue weighted by Gasteiger charge is -2.40. The molecule has 2 aliphatic rings. The van der Waals surface area contributed by atoms with E-state index in [0.717, 1.165) is 6.42 Å². The van der Waals surface area contributed by atoms with Crippen molar-refractivity contribution in [2.45, 2.75) is 39.0 Å². The monoisotopic (exact) mass is 138 g/mol. The largest absolute Gasteiger partial charge is 0.299 e. The van der Waals surface area contributed by atoms with Gasteiger partial charge in [-0.15, -0.1) is 0 Å². The zero-order valence-electron chi connectivity index (χ0n) is 6.52. The predicted molar refractivity (Wildman–Crippen MR) is 39.7 cm³/mol. The SMILES string of the molecule is C[C@@H]1CCC[C@]12CCC2=O. The highest BCUT2D eigenvalue weighted by molar-refractivity contribution is 5.90. The van der Waals surface area contributed by atoms with Gasteiger partial charge in [0.05, 0.1) is 0 Å². The molecule has 1 heteroatoms. The zero-order chi connectivity index (χ0) is 7.19. The minimum absolute atomic E-state index is 0.194. The number of ketones is 1. The van der Waals surface area contributed by atoms with Crippen molar-refractivity contribution in [2.75, 3.05) is 0 Å². The van der Waals surface area contributed by atoms with Gasteiger partial charge in [0.15, 0.2) is 0 Å². The summed E-state index contributed by atoms with van der Waals surface area (Å²) < 4.78 is 0. The second-order valence-corrected chi connectivity index (χ2v) is 3.87. The molecular formula is C9H14O. The van der Waals surface area contributed by atoms with Crippen molar-refractivity contribution in [2.24, 2.45) is 11.3 Å². The second kappa shape index (κ2) is 1.84. The minimum Gasteiger partial charge on any atom is -0.299 e. The molecule has 10 heavy (non-hydrogen) atoms. The molecule has 2 rings (SSSR count). The topological polar surface area (TPSA) is 17.1 Å². The van der Waals surface area contributed by atoms with Crippen molar-refractivity contribution < 1.29 is 4.79 Å². The summed E-state index contributed by atoms with van der Waals surface area (Å²) in [5.74, 6) is 1.24. The predicted octanol–water partition coefficient (Wildman–Crippen LogP) is 2.16. The summed E-state index contributed by atoms with van der Waals surface area (Å²) in [7, 11) is 0. The first-order valence-corrected chi connectivity index (χ1v) is 4.29. The lowest BCUT2D eigenvalue weighted by molar-refractivity contribution is -0.140. The van der Waals surface area contributed by atoms with Gasteiger partial charge in [-0.2, -0.15) is 0 Å². The third-order valence-electron chi connectivity index (χ3n) is 3.56. The molecule has 0 unspecified atom stereocenters. The van der Waals surface area contributed by atoms with Crippen molar-refractivity contribution in [3.63, 3.8) is 0 Å². The Morgan fingerprint density at radius 2 is 2.30 bits per heavy atom. The molecular weight excluding hydrogens is 124 g/mol. The van der Waals surface area contributed by atoms with E-state index in [1.54, 1.807) is 0 Å². The van der Waals surface area contributed by atoms with Crippen molar-refractivity contribution in [1.82, 2.24) is 0 Å². The third-order valence-corrected chi connectivity index (χ3v) is 3.56. The number of Topliss-reactive ketones (excluding diaryl/α,β-unsaturated/α-hetero) is 1. The first-order valence-electron chi connectivity index (χ1n) is 4.29. The standard InChI is InChI=1S/C9H14O/c1-7-3-2-5-9(7)6-4-8(9)10/h7H,2-6H2,1H3/t7-,9+/m1/s1. The molecule has 0 aliphatic heterocycles. The van der Waals surface area contributed by atoms with Gasteiger partial charge in [0.2, 0.25) is 0 Å². The Morgan fingerprint density at radius 1 is 1.50 bits per heavy atom. The molecule has 0 aromatic rings. The fourth-order valence-electron chi connectivity index (χ4n) is 2.58. The van der Waals surface area contributed by atoms with Gasteiger partial charge in [-0.3, -0.25) is 4.79 Å². The van der Waals surface area contributed by atoms with Crippen LogP contribution >= 0.6 is 0 Å². The molecule has 0 saturated heterocycles. The summed E-state index contributed by atoms with van der Waals surface area (Å²) >= 11 is 0. The quantitative estimate of drug-likeness (QED) is 0.501. The van der Waals surface area contributed by atoms with Gasteiger partial charge >= 0.3 is 0 Å². The number of rotatable bonds is 0. The van der Waals surface area contributed by atoms with E-state index in [0.29, 0.717) is 11.7 Å². The van der Waals surface area contributed by atoms with E-state index in [1.165, 1.54) is 25.7 Å². The van der Waals surface area contributed by atoms with E-state index < -0.39 is 0 Å². The molecule has 1 spiro atoms. The van der Waals surface area contributed by atoms with Crippen LogP contribution in [0.5, 0.6) is 0 Å². The van der Waals surface area contributed by atoms with Crippen LogP contribution in [0.15, 0.2) is 0 Å². The van der Waals surface area contributed by atoms with Gasteiger partial charge in [0, 0.05) is 11.8 Å². The molecule has 2 saturated carbocycles. The van der Waals surface area contributed by atoms with Crippen LogP contribution in [0.25, 0.3) is 0 Å². The molecule has 0 aromatic heterocycles. The maximum Gasteiger partial charge on any atom is 0.139 e. The minimum atomic E-state index is 0.194. The van der Waals surface area contributed by atoms with Crippen molar-refractivity contribution >= 4 is 5.78 Å². The molecule has 0 heterocycles. The summed E-state index contributed by atoms with van der Waals surface area (Å²) in [6.45, 7) is 2.24. The van der Waals surface area contributed by atoms with E-state index in [2.05, 4.69) is 6.92 Å². The summed E-state index contributed by atoms with van der Waals surface area (Å²) in [4.78, 5) is 11.3. The lowest BCUT2D eigenvalue weighted by Crippen LogP contribution is -2.42. The maximum absolute atomic E-state index is 11.3. The molecule has 2 atom stereocenters. The number of hydrogen-bond acceptors (Lipinski definition) is 1. The Morgan fingerprint density at radius 3 is 2.50 bits per heavy atom. The van der Waals surface area contributed by atoms with Crippen molar-refractivity contribution in [1.29, 1.82) is 0 Å².